The molecule has 2 aromatic rings. The number of likely N-dealkylation sites (tertiary alicyclic amines) is 1. The minimum absolute atomic E-state index is 0.115. The maximum Gasteiger partial charge on any atom is 0.253 e. The fourth-order valence-corrected chi connectivity index (χ4v) is 3.97. The molecule has 1 saturated heterocycles. The molecule has 0 aliphatic carbocycles. The molecule has 2 heterocycles. The van der Waals surface area contributed by atoms with E-state index in [0.29, 0.717) is 11.6 Å². The largest absolute Gasteiger partial charge is 0.339 e. The Morgan fingerprint density at radius 2 is 1.71 bits per heavy atom. The van der Waals surface area contributed by atoms with Gasteiger partial charge in [-0.15, -0.1) is 0 Å². The summed E-state index contributed by atoms with van der Waals surface area (Å²) in [6, 6.07) is 20.2. The van der Waals surface area contributed by atoms with E-state index in [4.69, 9.17) is 5.26 Å². The van der Waals surface area contributed by atoms with Crippen LogP contribution in [-0.2, 0) is 0 Å². The maximum atomic E-state index is 12.8. The molecule has 0 aromatic heterocycles. The topological polar surface area (TPSA) is 56.5 Å². The lowest BCUT2D eigenvalue weighted by Gasteiger charge is -2.32. The van der Waals surface area contributed by atoms with E-state index in [2.05, 4.69) is 23.2 Å². The molecular weight excluding hydrogens is 346 g/mol. The van der Waals surface area contributed by atoms with Gasteiger partial charge in [-0.05, 0) is 54.5 Å². The number of allylic oxidation sites excluding steroid dienone is 2. The fraction of sp³-hybridized carbons (Fsp3) is 0.292. The van der Waals surface area contributed by atoms with Crippen LogP contribution < -0.4 is 0 Å². The number of nitrogens with zero attached hydrogens (tertiary/aromatic N) is 3. The summed E-state index contributed by atoms with van der Waals surface area (Å²) < 4.78 is 0. The van der Waals surface area contributed by atoms with Gasteiger partial charge in [0.25, 0.3) is 5.91 Å². The first-order valence-electron chi connectivity index (χ1n) is 9.84. The van der Waals surface area contributed by atoms with Gasteiger partial charge in [-0.1, -0.05) is 42.5 Å². The smallest absolute Gasteiger partial charge is 0.253 e. The van der Waals surface area contributed by atoms with Crippen molar-refractivity contribution in [2.45, 2.75) is 25.7 Å². The minimum Gasteiger partial charge on any atom is -0.339 e. The predicted octanol–water partition coefficient (Wildman–Crippen LogP) is 4.85. The maximum absolute atomic E-state index is 12.8. The molecule has 1 fully saturated rings. The van der Waals surface area contributed by atoms with Gasteiger partial charge in [0.15, 0.2) is 0 Å². The monoisotopic (exact) mass is 369 g/mol. The number of carbonyl (C=O) groups is 1. The Morgan fingerprint density at radius 1 is 1.04 bits per heavy atom. The van der Waals surface area contributed by atoms with Crippen molar-refractivity contribution >= 4 is 11.6 Å². The number of hydrogen-bond donors (Lipinski definition) is 0. The molecular formula is C24H23N3O. The lowest BCUT2D eigenvalue weighted by molar-refractivity contribution is 0.0693. The van der Waals surface area contributed by atoms with Crippen LogP contribution in [0.3, 0.4) is 0 Å². The Labute approximate surface area is 165 Å². The van der Waals surface area contributed by atoms with Crippen molar-refractivity contribution in [3.8, 4) is 17.2 Å². The predicted molar refractivity (Wildman–Crippen MR) is 111 cm³/mol. The van der Waals surface area contributed by atoms with Gasteiger partial charge >= 0.3 is 0 Å². The van der Waals surface area contributed by atoms with Crippen LogP contribution in [0, 0.1) is 17.2 Å². The number of piperidine rings is 1. The van der Waals surface area contributed by atoms with Gasteiger partial charge in [-0.25, -0.2) is 4.99 Å². The van der Waals surface area contributed by atoms with Crippen LogP contribution >= 0.6 is 0 Å². The average molecular weight is 369 g/mol. The summed E-state index contributed by atoms with van der Waals surface area (Å²) >= 11 is 0. The summed E-state index contributed by atoms with van der Waals surface area (Å²) in [5.41, 5.74) is 4.69. The van der Waals surface area contributed by atoms with E-state index < -0.39 is 0 Å². The lowest BCUT2D eigenvalue weighted by atomic mass is 9.90. The van der Waals surface area contributed by atoms with Crippen LogP contribution in [0.25, 0.3) is 11.1 Å². The van der Waals surface area contributed by atoms with Gasteiger partial charge in [0.05, 0.1) is 0 Å². The van der Waals surface area contributed by atoms with Crippen molar-refractivity contribution in [1.29, 1.82) is 5.26 Å². The average Bonchev–Trinajstić information content (AvgIpc) is 3.22. The summed E-state index contributed by atoms with van der Waals surface area (Å²) in [6.45, 7) is 1.57. The zero-order chi connectivity index (χ0) is 19.3. The number of amides is 1. The van der Waals surface area contributed by atoms with Crippen molar-refractivity contribution in [3.05, 3.63) is 71.9 Å². The second-order valence-electron chi connectivity index (χ2n) is 7.47. The Balaban J connectivity index is 1.32. The van der Waals surface area contributed by atoms with Gasteiger partial charge in [-0.3, -0.25) is 4.79 Å². The quantitative estimate of drug-likeness (QED) is 0.774. The molecule has 2 aromatic carbocycles. The third kappa shape index (κ3) is 4.04. The SMILES string of the molecule is N#CC1=CCC(CC2CCN(C(=O)c3ccc(-c4ccccc4)cc3)CC2)=N1. The van der Waals surface area contributed by atoms with Crippen LogP contribution in [0.5, 0.6) is 0 Å². The van der Waals surface area contributed by atoms with Crippen LogP contribution in [-0.4, -0.2) is 29.6 Å². The normalized spacial score (nSPS) is 17.0. The van der Waals surface area contributed by atoms with Crippen molar-refractivity contribution in [3.63, 3.8) is 0 Å². The number of aliphatic imine (C=N–C) groups is 1. The standard InChI is InChI=1S/C24H23N3O/c25-17-23-11-10-22(26-23)16-18-12-14-27(15-13-18)24(28)21-8-6-20(7-9-21)19-4-2-1-3-5-19/h1-9,11,18H,10,12-16H2. The molecule has 140 valence electrons. The third-order valence-corrected chi connectivity index (χ3v) is 5.59. The zero-order valence-corrected chi connectivity index (χ0v) is 15.8. The molecule has 0 unspecified atom stereocenters. The molecule has 4 rings (SSSR count). The van der Waals surface area contributed by atoms with Gasteiger partial charge in [0, 0.05) is 30.8 Å². The van der Waals surface area contributed by atoms with E-state index >= 15 is 0 Å². The third-order valence-electron chi connectivity index (χ3n) is 5.59. The van der Waals surface area contributed by atoms with Crippen molar-refractivity contribution < 1.29 is 4.79 Å². The van der Waals surface area contributed by atoms with Gasteiger partial charge < -0.3 is 4.90 Å². The molecule has 0 atom stereocenters. The van der Waals surface area contributed by atoms with Crippen LogP contribution in [0.15, 0.2) is 71.4 Å². The highest BCUT2D eigenvalue weighted by Crippen LogP contribution is 2.26. The molecule has 28 heavy (non-hydrogen) atoms. The van der Waals surface area contributed by atoms with Crippen molar-refractivity contribution in [2.75, 3.05) is 13.1 Å². The van der Waals surface area contributed by atoms with Crippen molar-refractivity contribution in [2.24, 2.45) is 10.9 Å². The lowest BCUT2D eigenvalue weighted by Crippen LogP contribution is -2.38. The first kappa shape index (κ1) is 18.2. The summed E-state index contributed by atoms with van der Waals surface area (Å²) in [4.78, 5) is 19.2. The number of benzene rings is 2. The summed E-state index contributed by atoms with van der Waals surface area (Å²) in [5, 5.41) is 8.91. The highest BCUT2D eigenvalue weighted by atomic mass is 16.2. The van der Waals surface area contributed by atoms with E-state index in [1.807, 2.05) is 53.4 Å². The minimum atomic E-state index is 0.115. The second-order valence-corrected chi connectivity index (χ2v) is 7.47. The number of carbonyl (C=O) groups excluding carboxylic acids is 1. The summed E-state index contributed by atoms with van der Waals surface area (Å²) in [5.74, 6) is 0.666. The molecule has 0 bridgehead atoms. The summed E-state index contributed by atoms with van der Waals surface area (Å²) in [7, 11) is 0. The number of rotatable bonds is 4. The Hall–Kier alpha value is -3.19. The zero-order valence-electron chi connectivity index (χ0n) is 15.8. The van der Waals surface area contributed by atoms with Gasteiger partial charge in [0.1, 0.15) is 11.8 Å². The Bertz CT molecular complexity index is 944. The highest BCUT2D eigenvalue weighted by molar-refractivity contribution is 5.95. The molecule has 4 heteroatoms. The first-order valence-corrected chi connectivity index (χ1v) is 9.84. The van der Waals surface area contributed by atoms with Gasteiger partial charge in [-0.2, -0.15) is 5.26 Å². The second kappa shape index (κ2) is 8.22. The summed E-state index contributed by atoms with van der Waals surface area (Å²) in [6.07, 6.45) is 5.63. The molecule has 4 nitrogen and oxygen atoms in total. The van der Waals surface area contributed by atoms with Gasteiger partial charge in [0.2, 0.25) is 0 Å². The van der Waals surface area contributed by atoms with E-state index in [1.165, 1.54) is 0 Å². The van der Waals surface area contributed by atoms with Crippen molar-refractivity contribution in [1.82, 2.24) is 4.90 Å². The molecule has 0 spiro atoms. The van der Waals surface area contributed by atoms with Crippen LogP contribution in [0.2, 0.25) is 0 Å². The Morgan fingerprint density at radius 3 is 2.36 bits per heavy atom. The molecule has 0 N–H and O–H groups in total. The Kier molecular flexibility index (Phi) is 5.34. The first-order chi connectivity index (χ1) is 13.7. The van der Waals surface area contributed by atoms with E-state index in [9.17, 15) is 4.79 Å². The van der Waals surface area contributed by atoms with E-state index in [-0.39, 0.29) is 5.91 Å². The highest BCUT2D eigenvalue weighted by Gasteiger charge is 2.25. The molecule has 2 aliphatic heterocycles. The number of hydrogen-bond acceptors (Lipinski definition) is 3. The van der Waals surface area contributed by atoms with E-state index in [1.54, 1.807) is 0 Å². The molecule has 0 radical (unpaired) electrons. The fourth-order valence-electron chi connectivity index (χ4n) is 3.97. The molecule has 2 aliphatic rings. The molecule has 0 saturated carbocycles. The van der Waals surface area contributed by atoms with Crippen LogP contribution in [0.4, 0.5) is 0 Å². The van der Waals surface area contributed by atoms with E-state index in [0.717, 1.165) is 61.2 Å². The number of nitriles is 1. The van der Waals surface area contributed by atoms with Crippen LogP contribution in [0.1, 0.15) is 36.0 Å². The molecule has 1 amide bonds.